The number of carboxylic acid groups (broad SMARTS) is 1. The van der Waals surface area contributed by atoms with Crippen molar-refractivity contribution in [3.63, 3.8) is 0 Å². The molecule has 0 aliphatic carbocycles. The summed E-state index contributed by atoms with van der Waals surface area (Å²) in [5.41, 5.74) is 0.438. The second-order valence-corrected chi connectivity index (χ2v) is 4.63. The van der Waals surface area contributed by atoms with Gasteiger partial charge in [-0.1, -0.05) is 23.2 Å². The Morgan fingerprint density at radius 1 is 1.10 bits per heavy atom. The number of hydrogen-bond donors (Lipinski definition) is 2. The van der Waals surface area contributed by atoms with Crippen molar-refractivity contribution in [2.24, 2.45) is 0 Å². The molecule has 0 unspecified atom stereocenters. The number of aromatic nitrogens is 1. The van der Waals surface area contributed by atoms with E-state index in [0.29, 0.717) is 15.7 Å². The second kappa shape index (κ2) is 5.90. The van der Waals surface area contributed by atoms with E-state index in [4.69, 9.17) is 28.3 Å². The lowest BCUT2D eigenvalue weighted by Gasteiger charge is -2.06. The lowest BCUT2D eigenvalue weighted by atomic mass is 10.2. The third-order valence-electron chi connectivity index (χ3n) is 2.42. The Labute approximate surface area is 124 Å². The lowest BCUT2D eigenvalue weighted by molar-refractivity contribution is 0.0690. The Balaban J connectivity index is 2.21. The molecule has 0 fully saturated rings. The maximum Gasteiger partial charge on any atom is 0.354 e. The first-order chi connectivity index (χ1) is 9.47. The van der Waals surface area contributed by atoms with Gasteiger partial charge in [-0.15, -0.1) is 0 Å². The van der Waals surface area contributed by atoms with E-state index in [-0.39, 0.29) is 11.3 Å². The molecule has 2 N–H and O–H groups in total. The van der Waals surface area contributed by atoms with Gasteiger partial charge in [0.2, 0.25) is 0 Å². The molecule has 102 valence electrons. The Bertz CT molecular complexity index is 689. The fourth-order valence-electron chi connectivity index (χ4n) is 1.47. The van der Waals surface area contributed by atoms with Crippen molar-refractivity contribution in [1.29, 1.82) is 0 Å². The zero-order valence-electron chi connectivity index (χ0n) is 9.93. The highest BCUT2D eigenvalue weighted by molar-refractivity contribution is 6.42. The van der Waals surface area contributed by atoms with E-state index in [1.807, 2.05) is 0 Å². The standard InChI is InChI=1S/C13H8Cl2N2O3/c14-9-2-1-8(6-10(9)15)17-12(18)7-3-4-16-11(5-7)13(19)20/h1-6H,(H,17,18)(H,19,20). The van der Waals surface area contributed by atoms with Crippen LogP contribution in [0, 0.1) is 0 Å². The molecule has 1 aromatic carbocycles. The number of aromatic carboxylic acids is 1. The summed E-state index contributed by atoms with van der Waals surface area (Å²) < 4.78 is 0. The van der Waals surface area contributed by atoms with Gasteiger partial charge in [-0.05, 0) is 30.3 Å². The Hall–Kier alpha value is -2.11. The fourth-order valence-corrected chi connectivity index (χ4v) is 1.76. The van der Waals surface area contributed by atoms with Gasteiger partial charge in [0.25, 0.3) is 5.91 Å². The first-order valence-corrected chi connectivity index (χ1v) is 6.18. The third-order valence-corrected chi connectivity index (χ3v) is 3.16. The quantitative estimate of drug-likeness (QED) is 0.911. The van der Waals surface area contributed by atoms with E-state index >= 15 is 0 Å². The molecular formula is C13H8Cl2N2O3. The molecule has 1 heterocycles. The van der Waals surface area contributed by atoms with Gasteiger partial charge in [0, 0.05) is 17.4 Å². The highest BCUT2D eigenvalue weighted by atomic mass is 35.5. The van der Waals surface area contributed by atoms with Crippen molar-refractivity contribution in [3.8, 4) is 0 Å². The Morgan fingerprint density at radius 3 is 2.50 bits per heavy atom. The number of hydrogen-bond acceptors (Lipinski definition) is 3. The average Bonchev–Trinajstić information content (AvgIpc) is 2.43. The molecule has 0 aliphatic heterocycles. The molecule has 2 aromatic rings. The molecule has 7 heteroatoms. The number of nitrogens with one attached hydrogen (secondary N) is 1. The molecule has 2 rings (SSSR count). The zero-order chi connectivity index (χ0) is 14.7. The maximum absolute atomic E-state index is 12.0. The maximum atomic E-state index is 12.0. The summed E-state index contributed by atoms with van der Waals surface area (Å²) in [6, 6.07) is 7.25. The lowest BCUT2D eigenvalue weighted by Crippen LogP contribution is -2.13. The number of halogens is 2. The number of nitrogens with zero attached hydrogens (tertiary/aromatic N) is 1. The van der Waals surface area contributed by atoms with Crippen molar-refractivity contribution >= 4 is 40.8 Å². The molecule has 0 bridgehead atoms. The zero-order valence-corrected chi connectivity index (χ0v) is 11.4. The van der Waals surface area contributed by atoms with Crippen molar-refractivity contribution in [3.05, 3.63) is 57.8 Å². The van der Waals surface area contributed by atoms with E-state index < -0.39 is 11.9 Å². The van der Waals surface area contributed by atoms with Crippen molar-refractivity contribution in [2.75, 3.05) is 5.32 Å². The Kier molecular flexibility index (Phi) is 4.22. The van der Waals surface area contributed by atoms with Gasteiger partial charge in [0.1, 0.15) is 5.69 Å². The molecule has 0 aliphatic rings. The highest BCUT2D eigenvalue weighted by Crippen LogP contribution is 2.25. The van der Waals surface area contributed by atoms with Crippen LogP contribution in [0.25, 0.3) is 0 Å². The third kappa shape index (κ3) is 3.26. The topological polar surface area (TPSA) is 79.3 Å². The van der Waals surface area contributed by atoms with Crippen molar-refractivity contribution in [2.45, 2.75) is 0 Å². The van der Waals surface area contributed by atoms with Gasteiger partial charge in [0.05, 0.1) is 10.0 Å². The molecular weight excluding hydrogens is 303 g/mol. The Morgan fingerprint density at radius 2 is 1.85 bits per heavy atom. The van der Waals surface area contributed by atoms with E-state index in [1.54, 1.807) is 12.1 Å². The first-order valence-electron chi connectivity index (χ1n) is 5.43. The van der Waals surface area contributed by atoms with Crippen LogP contribution in [-0.2, 0) is 0 Å². The fraction of sp³-hybridized carbons (Fsp3) is 0. The van der Waals surface area contributed by atoms with Gasteiger partial charge in [-0.2, -0.15) is 0 Å². The van der Waals surface area contributed by atoms with Gasteiger partial charge >= 0.3 is 5.97 Å². The molecule has 0 atom stereocenters. The summed E-state index contributed by atoms with van der Waals surface area (Å²) in [5, 5.41) is 12.1. The summed E-state index contributed by atoms with van der Waals surface area (Å²) in [5.74, 6) is -1.66. The van der Waals surface area contributed by atoms with Crippen LogP contribution in [0.1, 0.15) is 20.8 Å². The number of carboxylic acids is 1. The summed E-state index contributed by atoms with van der Waals surface area (Å²) in [6.07, 6.45) is 1.26. The molecule has 1 aromatic heterocycles. The molecule has 0 radical (unpaired) electrons. The predicted octanol–water partition coefficient (Wildman–Crippen LogP) is 3.34. The first kappa shape index (κ1) is 14.3. The molecule has 0 saturated heterocycles. The SMILES string of the molecule is O=C(Nc1ccc(Cl)c(Cl)c1)c1ccnc(C(=O)O)c1. The molecule has 5 nitrogen and oxygen atoms in total. The van der Waals surface area contributed by atoms with E-state index in [0.717, 1.165) is 0 Å². The highest BCUT2D eigenvalue weighted by Gasteiger charge is 2.11. The summed E-state index contributed by atoms with van der Waals surface area (Å²) in [7, 11) is 0. The second-order valence-electron chi connectivity index (χ2n) is 3.82. The smallest absolute Gasteiger partial charge is 0.354 e. The monoisotopic (exact) mass is 310 g/mol. The van der Waals surface area contributed by atoms with Crippen LogP contribution in [0.5, 0.6) is 0 Å². The van der Waals surface area contributed by atoms with Crippen LogP contribution in [0.4, 0.5) is 5.69 Å². The minimum absolute atomic E-state index is 0.184. The molecule has 1 amide bonds. The minimum Gasteiger partial charge on any atom is -0.477 e. The van der Waals surface area contributed by atoms with Gasteiger partial charge in [0.15, 0.2) is 0 Å². The summed E-state index contributed by atoms with van der Waals surface area (Å²) in [4.78, 5) is 26.4. The normalized spacial score (nSPS) is 10.1. The van der Waals surface area contributed by atoms with Crippen LogP contribution in [-0.4, -0.2) is 22.0 Å². The van der Waals surface area contributed by atoms with Crippen LogP contribution in [0.15, 0.2) is 36.5 Å². The van der Waals surface area contributed by atoms with Crippen LogP contribution < -0.4 is 5.32 Å². The predicted molar refractivity (Wildman–Crippen MR) is 75.6 cm³/mol. The minimum atomic E-state index is -1.20. The number of anilines is 1. The van der Waals surface area contributed by atoms with E-state index in [9.17, 15) is 9.59 Å². The van der Waals surface area contributed by atoms with Crippen molar-refractivity contribution in [1.82, 2.24) is 4.98 Å². The molecule has 0 saturated carbocycles. The van der Waals surface area contributed by atoms with Crippen LogP contribution >= 0.6 is 23.2 Å². The summed E-state index contributed by atoms with van der Waals surface area (Å²) in [6.45, 7) is 0. The van der Waals surface area contributed by atoms with Crippen molar-refractivity contribution < 1.29 is 14.7 Å². The van der Waals surface area contributed by atoms with E-state index in [1.165, 1.54) is 24.4 Å². The number of benzene rings is 1. The van der Waals surface area contributed by atoms with Crippen LogP contribution in [0.2, 0.25) is 10.0 Å². The van der Waals surface area contributed by atoms with Crippen LogP contribution in [0.3, 0.4) is 0 Å². The van der Waals surface area contributed by atoms with E-state index in [2.05, 4.69) is 10.3 Å². The van der Waals surface area contributed by atoms with Gasteiger partial charge < -0.3 is 10.4 Å². The van der Waals surface area contributed by atoms with Gasteiger partial charge in [-0.3, -0.25) is 4.79 Å². The number of rotatable bonds is 3. The number of amides is 1. The molecule has 0 spiro atoms. The number of pyridine rings is 1. The number of carbonyl (C=O) groups is 2. The largest absolute Gasteiger partial charge is 0.477 e. The molecule has 20 heavy (non-hydrogen) atoms. The number of carbonyl (C=O) groups excluding carboxylic acids is 1. The van der Waals surface area contributed by atoms with Gasteiger partial charge in [-0.25, -0.2) is 9.78 Å². The average molecular weight is 311 g/mol. The summed E-state index contributed by atoms with van der Waals surface area (Å²) >= 11 is 11.6.